The molecule has 0 aliphatic heterocycles. The van der Waals surface area contributed by atoms with Gasteiger partial charge in [0.25, 0.3) is 0 Å². The van der Waals surface area contributed by atoms with Gasteiger partial charge in [0.1, 0.15) is 0 Å². The van der Waals surface area contributed by atoms with Gasteiger partial charge in [-0.1, -0.05) is 0 Å². The van der Waals surface area contributed by atoms with Gasteiger partial charge >= 0.3 is 6.03 Å². The molecule has 0 bridgehead atoms. The first-order valence-corrected chi connectivity index (χ1v) is 3.67. The van der Waals surface area contributed by atoms with Gasteiger partial charge in [-0.25, -0.2) is 10.3 Å². The summed E-state index contributed by atoms with van der Waals surface area (Å²) < 4.78 is 0. The van der Waals surface area contributed by atoms with Crippen LogP contribution in [-0.2, 0) is 4.84 Å². The van der Waals surface area contributed by atoms with Gasteiger partial charge in [-0.05, 0) is 27.7 Å². The zero-order valence-corrected chi connectivity index (χ0v) is 7.52. The standard InChI is InChI=1S/C7H16N2O2/c1-5-8-6(10)9-11-7(2,3)4/h5H2,1-4H3,(H2,8,9,10). The molecule has 0 aromatic carbocycles. The number of hydrogen-bond donors (Lipinski definition) is 2. The van der Waals surface area contributed by atoms with Gasteiger partial charge in [-0.15, -0.1) is 0 Å². The summed E-state index contributed by atoms with van der Waals surface area (Å²) in [5.74, 6) is 0. The van der Waals surface area contributed by atoms with E-state index in [1.807, 2.05) is 27.7 Å². The van der Waals surface area contributed by atoms with Gasteiger partial charge in [0.05, 0.1) is 5.60 Å². The van der Waals surface area contributed by atoms with Gasteiger partial charge in [0.2, 0.25) is 0 Å². The minimum Gasteiger partial charge on any atom is -0.337 e. The van der Waals surface area contributed by atoms with Crippen LogP contribution in [0.25, 0.3) is 0 Å². The normalized spacial score (nSPS) is 10.9. The van der Waals surface area contributed by atoms with Crippen molar-refractivity contribution >= 4 is 6.03 Å². The molecular formula is C7H16N2O2. The predicted molar refractivity (Wildman–Crippen MR) is 43.0 cm³/mol. The van der Waals surface area contributed by atoms with Crippen LogP contribution in [0.4, 0.5) is 4.79 Å². The Morgan fingerprint density at radius 3 is 2.36 bits per heavy atom. The van der Waals surface area contributed by atoms with Crippen molar-refractivity contribution in [1.82, 2.24) is 10.8 Å². The Hall–Kier alpha value is -0.770. The van der Waals surface area contributed by atoms with Crippen LogP contribution in [0.3, 0.4) is 0 Å². The van der Waals surface area contributed by atoms with E-state index in [9.17, 15) is 4.79 Å². The number of nitrogens with one attached hydrogen (secondary N) is 2. The van der Waals surface area contributed by atoms with Crippen LogP contribution in [0.15, 0.2) is 0 Å². The lowest BCUT2D eigenvalue weighted by molar-refractivity contribution is -0.0527. The minimum atomic E-state index is -0.342. The summed E-state index contributed by atoms with van der Waals surface area (Å²) in [5, 5.41) is 2.54. The lowest BCUT2D eigenvalue weighted by atomic mass is 10.2. The maximum atomic E-state index is 10.7. The maximum absolute atomic E-state index is 10.7. The van der Waals surface area contributed by atoms with E-state index in [4.69, 9.17) is 4.84 Å². The Kier molecular flexibility index (Phi) is 3.89. The average molecular weight is 160 g/mol. The zero-order chi connectivity index (χ0) is 8.91. The largest absolute Gasteiger partial charge is 0.338 e. The van der Waals surface area contributed by atoms with Crippen molar-refractivity contribution in [3.63, 3.8) is 0 Å². The van der Waals surface area contributed by atoms with Gasteiger partial charge in [-0.3, -0.25) is 4.84 Å². The van der Waals surface area contributed by atoms with E-state index >= 15 is 0 Å². The SMILES string of the molecule is CCNC(=O)NOC(C)(C)C. The van der Waals surface area contributed by atoms with E-state index in [1.54, 1.807) is 0 Å². The van der Waals surface area contributed by atoms with E-state index in [-0.39, 0.29) is 11.6 Å². The molecule has 0 aromatic heterocycles. The van der Waals surface area contributed by atoms with Crippen molar-refractivity contribution in [1.29, 1.82) is 0 Å². The van der Waals surface area contributed by atoms with Crippen molar-refractivity contribution in [3.05, 3.63) is 0 Å². The van der Waals surface area contributed by atoms with E-state index in [0.29, 0.717) is 6.54 Å². The fraction of sp³-hybridized carbons (Fsp3) is 0.857. The summed E-state index contributed by atoms with van der Waals surface area (Å²) in [6, 6.07) is -0.303. The smallest absolute Gasteiger partial charge is 0.337 e. The third-order valence-electron chi connectivity index (χ3n) is 0.787. The highest BCUT2D eigenvalue weighted by Gasteiger charge is 2.11. The lowest BCUT2D eigenvalue weighted by Crippen LogP contribution is -2.40. The molecular weight excluding hydrogens is 144 g/mol. The monoisotopic (exact) mass is 160 g/mol. The van der Waals surface area contributed by atoms with Crippen LogP contribution in [0.2, 0.25) is 0 Å². The molecule has 0 radical (unpaired) electrons. The van der Waals surface area contributed by atoms with E-state index in [0.717, 1.165) is 0 Å². The molecule has 0 rings (SSSR count). The second-order valence-electron chi connectivity index (χ2n) is 3.18. The summed E-state index contributed by atoms with van der Waals surface area (Å²) in [4.78, 5) is 15.7. The first-order valence-electron chi connectivity index (χ1n) is 3.67. The zero-order valence-electron chi connectivity index (χ0n) is 7.52. The summed E-state index contributed by atoms with van der Waals surface area (Å²) >= 11 is 0. The fourth-order valence-corrected chi connectivity index (χ4v) is 0.396. The summed E-state index contributed by atoms with van der Waals surface area (Å²) in [6.07, 6.45) is 0. The first-order chi connectivity index (χ1) is 4.95. The quantitative estimate of drug-likeness (QED) is 0.593. The van der Waals surface area contributed by atoms with Gasteiger partial charge in [0.15, 0.2) is 0 Å². The van der Waals surface area contributed by atoms with E-state index in [1.165, 1.54) is 0 Å². The van der Waals surface area contributed by atoms with Gasteiger partial charge in [0, 0.05) is 6.54 Å². The third-order valence-corrected chi connectivity index (χ3v) is 0.787. The summed E-state index contributed by atoms with van der Waals surface area (Å²) in [6.45, 7) is 8.02. The number of carbonyl (C=O) groups excluding carboxylic acids is 1. The van der Waals surface area contributed by atoms with Crippen LogP contribution >= 0.6 is 0 Å². The van der Waals surface area contributed by atoms with Crippen molar-refractivity contribution in [2.45, 2.75) is 33.3 Å². The molecule has 0 aliphatic carbocycles. The Balaban J connectivity index is 3.46. The van der Waals surface area contributed by atoms with Crippen molar-refractivity contribution in [2.24, 2.45) is 0 Å². The number of urea groups is 1. The van der Waals surface area contributed by atoms with Crippen LogP contribution in [-0.4, -0.2) is 18.2 Å². The van der Waals surface area contributed by atoms with Crippen LogP contribution < -0.4 is 10.8 Å². The van der Waals surface area contributed by atoms with Crippen LogP contribution in [0.5, 0.6) is 0 Å². The van der Waals surface area contributed by atoms with Crippen molar-refractivity contribution in [2.75, 3.05) is 6.54 Å². The topological polar surface area (TPSA) is 50.4 Å². The molecule has 2 amide bonds. The summed E-state index contributed by atoms with van der Waals surface area (Å²) in [5.41, 5.74) is 1.93. The molecule has 0 fully saturated rings. The lowest BCUT2D eigenvalue weighted by Gasteiger charge is -2.18. The average Bonchev–Trinajstić information content (AvgIpc) is 1.83. The molecule has 4 heteroatoms. The van der Waals surface area contributed by atoms with Crippen LogP contribution in [0.1, 0.15) is 27.7 Å². The Labute approximate surface area is 67.3 Å². The van der Waals surface area contributed by atoms with Crippen LogP contribution in [0, 0.1) is 0 Å². The molecule has 0 saturated heterocycles. The number of rotatable bonds is 2. The molecule has 11 heavy (non-hydrogen) atoms. The number of hydrogen-bond acceptors (Lipinski definition) is 2. The number of carbonyl (C=O) groups is 1. The highest BCUT2D eigenvalue weighted by molar-refractivity contribution is 5.72. The van der Waals surface area contributed by atoms with Crippen molar-refractivity contribution < 1.29 is 9.63 Å². The number of hydroxylamine groups is 1. The highest BCUT2D eigenvalue weighted by Crippen LogP contribution is 2.02. The van der Waals surface area contributed by atoms with Crippen molar-refractivity contribution in [3.8, 4) is 0 Å². The molecule has 4 nitrogen and oxygen atoms in total. The number of amides is 2. The molecule has 66 valence electrons. The second kappa shape index (κ2) is 4.18. The Bertz CT molecular complexity index is 129. The Morgan fingerprint density at radius 2 is 2.00 bits per heavy atom. The second-order valence-corrected chi connectivity index (χ2v) is 3.18. The highest BCUT2D eigenvalue weighted by atomic mass is 16.7. The molecule has 0 atom stereocenters. The molecule has 0 spiro atoms. The first kappa shape index (κ1) is 10.2. The third kappa shape index (κ3) is 7.12. The summed E-state index contributed by atoms with van der Waals surface area (Å²) in [7, 11) is 0. The Morgan fingerprint density at radius 1 is 1.45 bits per heavy atom. The fourth-order valence-electron chi connectivity index (χ4n) is 0.396. The molecule has 0 aromatic rings. The van der Waals surface area contributed by atoms with E-state index < -0.39 is 0 Å². The molecule has 2 N–H and O–H groups in total. The molecule has 0 heterocycles. The molecule has 0 unspecified atom stereocenters. The predicted octanol–water partition coefficient (Wildman–Crippen LogP) is 1.04. The van der Waals surface area contributed by atoms with Gasteiger partial charge < -0.3 is 5.32 Å². The minimum absolute atomic E-state index is 0.303. The van der Waals surface area contributed by atoms with Gasteiger partial charge in [-0.2, -0.15) is 0 Å². The molecule has 0 saturated carbocycles. The molecule has 0 aliphatic rings. The maximum Gasteiger partial charge on any atom is 0.338 e. The van der Waals surface area contributed by atoms with E-state index in [2.05, 4.69) is 10.8 Å².